The van der Waals surface area contributed by atoms with Crippen LogP contribution < -0.4 is 4.74 Å². The molecular formula is C15H14O2S2. The molecule has 0 bridgehead atoms. The topological polar surface area (TPSA) is 26.3 Å². The summed E-state index contributed by atoms with van der Waals surface area (Å²) in [7, 11) is -0.882. The van der Waals surface area contributed by atoms with Crippen LogP contribution in [0.15, 0.2) is 59.5 Å². The Balaban J connectivity index is 1.66. The molecule has 1 aliphatic heterocycles. The van der Waals surface area contributed by atoms with Gasteiger partial charge in [-0.15, -0.1) is 0 Å². The Morgan fingerprint density at radius 2 is 1.68 bits per heavy atom. The van der Waals surface area contributed by atoms with Gasteiger partial charge in [0, 0.05) is 21.7 Å². The van der Waals surface area contributed by atoms with Gasteiger partial charge in [0.1, 0.15) is 11.5 Å². The predicted octanol–water partition coefficient (Wildman–Crippen LogP) is 3.70. The normalized spacial score (nSPS) is 18.8. The average molecular weight is 290 g/mol. The zero-order valence-electron chi connectivity index (χ0n) is 10.3. The zero-order chi connectivity index (χ0) is 13.1. The number of ether oxygens (including phenoxy) is 1. The molecule has 1 aliphatic rings. The van der Waals surface area contributed by atoms with Crippen molar-refractivity contribution in [2.45, 2.75) is 10.1 Å². The monoisotopic (exact) mass is 290 g/mol. The third-order valence-electron chi connectivity index (χ3n) is 2.81. The Morgan fingerprint density at radius 1 is 1.05 bits per heavy atom. The lowest BCUT2D eigenvalue weighted by Gasteiger charge is -2.06. The van der Waals surface area contributed by atoms with Gasteiger partial charge in [0.2, 0.25) is 0 Å². The van der Waals surface area contributed by atoms with Crippen molar-refractivity contribution in [2.75, 3.05) is 11.5 Å². The van der Waals surface area contributed by atoms with Crippen molar-refractivity contribution in [3.8, 4) is 11.5 Å². The molecule has 2 nitrogen and oxygen atoms in total. The Bertz CT molecular complexity index is 562. The fraction of sp³-hybridized carbons (Fsp3) is 0.200. The van der Waals surface area contributed by atoms with E-state index in [9.17, 15) is 4.21 Å². The van der Waals surface area contributed by atoms with Gasteiger partial charge in [-0.3, -0.25) is 4.21 Å². The average Bonchev–Trinajstić information content (AvgIpc) is 3.25. The van der Waals surface area contributed by atoms with Gasteiger partial charge in [0.15, 0.2) is 0 Å². The Hall–Kier alpha value is -1.26. The van der Waals surface area contributed by atoms with Crippen LogP contribution in [0.25, 0.3) is 0 Å². The van der Waals surface area contributed by atoms with Crippen molar-refractivity contribution in [3.63, 3.8) is 0 Å². The van der Waals surface area contributed by atoms with E-state index < -0.39 is 10.8 Å². The van der Waals surface area contributed by atoms with E-state index in [-0.39, 0.29) is 0 Å². The molecule has 98 valence electrons. The van der Waals surface area contributed by atoms with Crippen molar-refractivity contribution >= 4 is 22.6 Å². The van der Waals surface area contributed by atoms with Gasteiger partial charge in [-0.25, -0.2) is 0 Å². The molecule has 2 aromatic carbocycles. The molecule has 2 atom stereocenters. The van der Waals surface area contributed by atoms with Gasteiger partial charge < -0.3 is 4.74 Å². The molecule has 0 unspecified atom stereocenters. The van der Waals surface area contributed by atoms with Crippen LogP contribution in [0.4, 0.5) is 0 Å². The summed E-state index contributed by atoms with van der Waals surface area (Å²) in [6.07, 6.45) is 0. The fourth-order valence-corrected chi connectivity index (χ4v) is 3.96. The maximum atomic E-state index is 12.0. The first-order chi connectivity index (χ1) is 9.31. The van der Waals surface area contributed by atoms with E-state index in [1.54, 1.807) is 0 Å². The summed E-state index contributed by atoms with van der Waals surface area (Å²) in [4.78, 5) is 0.882. The highest BCUT2D eigenvalue weighted by Gasteiger charge is 2.25. The Morgan fingerprint density at radius 3 is 2.32 bits per heavy atom. The van der Waals surface area contributed by atoms with Gasteiger partial charge in [-0.2, -0.15) is 11.8 Å². The first-order valence-electron chi connectivity index (χ1n) is 6.14. The van der Waals surface area contributed by atoms with E-state index in [1.807, 2.05) is 66.4 Å². The van der Waals surface area contributed by atoms with Gasteiger partial charge in [0.05, 0.1) is 10.8 Å². The highest BCUT2D eigenvalue weighted by molar-refractivity contribution is 8.07. The number of para-hydroxylation sites is 1. The molecule has 0 N–H and O–H groups in total. The molecule has 1 fully saturated rings. The number of rotatable bonds is 5. The maximum Gasteiger partial charge on any atom is 0.127 e. The van der Waals surface area contributed by atoms with E-state index >= 15 is 0 Å². The van der Waals surface area contributed by atoms with Crippen molar-refractivity contribution < 1.29 is 8.95 Å². The summed E-state index contributed by atoms with van der Waals surface area (Å²) < 4.78 is 17.7. The maximum absolute atomic E-state index is 12.0. The SMILES string of the molecule is O=[S@@](C[C@@H]1CS1)c1ccc(Oc2ccccc2)cc1. The molecular weight excluding hydrogens is 276 g/mol. The summed E-state index contributed by atoms with van der Waals surface area (Å²) in [5.41, 5.74) is 0. The van der Waals surface area contributed by atoms with Gasteiger partial charge in [-0.1, -0.05) is 18.2 Å². The lowest BCUT2D eigenvalue weighted by Crippen LogP contribution is -2.02. The van der Waals surface area contributed by atoms with Crippen LogP contribution in [0.1, 0.15) is 0 Å². The third-order valence-corrected chi connectivity index (χ3v) is 5.49. The molecule has 1 saturated heterocycles. The van der Waals surface area contributed by atoms with Crippen LogP contribution in [0, 0.1) is 0 Å². The highest BCUT2D eigenvalue weighted by atomic mass is 32.2. The first kappa shape index (κ1) is 12.8. The van der Waals surface area contributed by atoms with Crippen LogP contribution in [-0.2, 0) is 10.8 Å². The van der Waals surface area contributed by atoms with E-state index in [2.05, 4.69) is 0 Å². The third kappa shape index (κ3) is 3.61. The van der Waals surface area contributed by atoms with E-state index in [4.69, 9.17) is 4.74 Å². The lowest BCUT2D eigenvalue weighted by molar-refractivity contribution is 0.482. The quantitative estimate of drug-likeness (QED) is 0.785. The second-order valence-corrected chi connectivity index (χ2v) is 7.18. The molecule has 0 spiro atoms. The minimum Gasteiger partial charge on any atom is -0.457 e. The molecule has 0 saturated carbocycles. The van der Waals surface area contributed by atoms with Crippen LogP contribution in [0.2, 0.25) is 0 Å². The number of hydrogen-bond donors (Lipinski definition) is 0. The van der Waals surface area contributed by atoms with Crippen molar-refractivity contribution in [1.82, 2.24) is 0 Å². The summed E-state index contributed by atoms with van der Waals surface area (Å²) >= 11 is 1.88. The van der Waals surface area contributed by atoms with Crippen LogP contribution in [0.5, 0.6) is 11.5 Å². The van der Waals surface area contributed by atoms with Gasteiger partial charge >= 0.3 is 0 Å². The minimum absolute atomic E-state index is 0.598. The zero-order valence-corrected chi connectivity index (χ0v) is 12.0. The highest BCUT2D eigenvalue weighted by Crippen LogP contribution is 2.32. The summed E-state index contributed by atoms with van der Waals surface area (Å²) in [5.74, 6) is 3.50. The number of benzene rings is 2. The van der Waals surface area contributed by atoms with Crippen molar-refractivity contribution in [3.05, 3.63) is 54.6 Å². The molecule has 0 aliphatic carbocycles. The van der Waals surface area contributed by atoms with E-state index in [1.165, 1.54) is 0 Å². The molecule has 1 heterocycles. The second-order valence-electron chi connectivity index (χ2n) is 4.35. The molecule has 0 amide bonds. The Kier molecular flexibility index (Phi) is 3.89. The standard InChI is InChI=1S/C15H14O2S2/c16-19(11-14-10-18-14)15-8-6-13(7-9-15)17-12-4-2-1-3-5-12/h1-9,14H,10-11H2/t14-,19-/m0/s1. The summed E-state index contributed by atoms with van der Waals surface area (Å²) in [6.45, 7) is 0. The lowest BCUT2D eigenvalue weighted by atomic mass is 10.3. The number of hydrogen-bond acceptors (Lipinski definition) is 3. The minimum atomic E-state index is -0.882. The second kappa shape index (κ2) is 5.80. The van der Waals surface area contributed by atoms with E-state index in [0.29, 0.717) is 5.25 Å². The summed E-state index contributed by atoms with van der Waals surface area (Å²) in [5, 5.41) is 0.598. The van der Waals surface area contributed by atoms with Crippen molar-refractivity contribution in [2.24, 2.45) is 0 Å². The van der Waals surface area contributed by atoms with Gasteiger partial charge in [0.25, 0.3) is 0 Å². The van der Waals surface area contributed by atoms with Gasteiger partial charge in [-0.05, 0) is 36.4 Å². The van der Waals surface area contributed by atoms with Crippen LogP contribution >= 0.6 is 11.8 Å². The predicted molar refractivity (Wildman–Crippen MR) is 80.5 cm³/mol. The number of thioether (sulfide) groups is 1. The van der Waals surface area contributed by atoms with Crippen molar-refractivity contribution in [1.29, 1.82) is 0 Å². The van der Waals surface area contributed by atoms with Crippen LogP contribution in [-0.4, -0.2) is 21.0 Å². The Labute approximate surface area is 119 Å². The molecule has 4 heteroatoms. The molecule has 0 aromatic heterocycles. The largest absolute Gasteiger partial charge is 0.457 e. The smallest absolute Gasteiger partial charge is 0.127 e. The molecule has 0 radical (unpaired) electrons. The molecule has 2 aromatic rings. The molecule has 19 heavy (non-hydrogen) atoms. The van der Waals surface area contributed by atoms with Crippen LogP contribution in [0.3, 0.4) is 0 Å². The first-order valence-corrected chi connectivity index (χ1v) is 8.51. The molecule has 3 rings (SSSR count). The fourth-order valence-electron chi connectivity index (χ4n) is 1.71. The van der Waals surface area contributed by atoms with E-state index in [0.717, 1.165) is 27.9 Å². The summed E-state index contributed by atoms with van der Waals surface area (Å²) in [6, 6.07) is 17.2.